The summed E-state index contributed by atoms with van der Waals surface area (Å²) in [7, 11) is 0. The predicted octanol–water partition coefficient (Wildman–Crippen LogP) is 2.47. The number of benzene rings is 1. The lowest BCUT2D eigenvalue weighted by molar-refractivity contribution is -0.172. The molecular weight excluding hydrogens is 540 g/mol. The van der Waals surface area contributed by atoms with Gasteiger partial charge in [0.15, 0.2) is 17.1 Å². The molecule has 6 rings (SSSR count). The molecule has 0 aliphatic carbocycles. The molecule has 0 saturated heterocycles. The quantitative estimate of drug-likeness (QED) is 0.310. The van der Waals surface area contributed by atoms with Gasteiger partial charge in [-0.25, -0.2) is 9.78 Å². The Morgan fingerprint density at radius 2 is 1.98 bits per heavy atom. The van der Waals surface area contributed by atoms with E-state index in [1.807, 2.05) is 20.8 Å². The van der Waals surface area contributed by atoms with Crippen LogP contribution in [0.1, 0.15) is 56.4 Å². The molecule has 1 atom stereocenters. The van der Waals surface area contributed by atoms with Crippen molar-refractivity contribution >= 4 is 34.4 Å². The van der Waals surface area contributed by atoms with Gasteiger partial charge in [-0.3, -0.25) is 9.59 Å². The number of hydrogen-bond acceptors (Lipinski definition) is 9. The zero-order valence-electron chi connectivity index (χ0n) is 22.6. The van der Waals surface area contributed by atoms with Gasteiger partial charge in [-0.1, -0.05) is 18.5 Å². The summed E-state index contributed by atoms with van der Waals surface area (Å²) in [5, 5.41) is 18.2. The van der Waals surface area contributed by atoms with E-state index in [2.05, 4.69) is 10.6 Å². The van der Waals surface area contributed by atoms with E-state index in [-0.39, 0.29) is 67.6 Å². The zero-order chi connectivity index (χ0) is 28.6. The number of aliphatic hydroxyl groups is 1. The summed E-state index contributed by atoms with van der Waals surface area (Å²) in [4.78, 5) is 43.8. The minimum Gasteiger partial charge on any atom is -0.458 e. The predicted molar refractivity (Wildman–Crippen MR) is 145 cm³/mol. The first-order valence-corrected chi connectivity index (χ1v) is 13.4. The normalized spacial score (nSPS) is 18.8. The van der Waals surface area contributed by atoms with Gasteiger partial charge >= 0.3 is 5.97 Å². The monoisotopic (exact) mass is 568 g/mol. The van der Waals surface area contributed by atoms with E-state index < -0.39 is 11.6 Å². The minimum absolute atomic E-state index is 0.0195. The van der Waals surface area contributed by atoms with Gasteiger partial charge in [-0.05, 0) is 38.8 Å². The van der Waals surface area contributed by atoms with Gasteiger partial charge in [-0.2, -0.15) is 0 Å². The van der Waals surface area contributed by atoms with Crippen LogP contribution in [0.2, 0.25) is 5.02 Å². The van der Waals surface area contributed by atoms with Crippen LogP contribution in [-0.2, 0) is 39.6 Å². The van der Waals surface area contributed by atoms with Crippen molar-refractivity contribution in [1.82, 2.24) is 20.2 Å². The van der Waals surface area contributed by atoms with Crippen LogP contribution >= 0.6 is 11.6 Å². The Kier molecular flexibility index (Phi) is 6.10. The molecular formula is C28H29ClN4O7. The highest BCUT2D eigenvalue weighted by atomic mass is 35.5. The fraction of sp³-hybridized carbons (Fsp3) is 0.429. The largest absolute Gasteiger partial charge is 0.458 e. The SMILES string of the molecule is CC[C@@]1(O)C(=O)OCc2c1cc1n(c2=O)Cc2c-1nc1cc3c(c(Cl)c1c2CNC(=O)CNC(C)(C)C)OCO3. The van der Waals surface area contributed by atoms with Crippen LogP contribution in [0.25, 0.3) is 22.3 Å². The lowest BCUT2D eigenvalue weighted by Crippen LogP contribution is -2.44. The molecule has 3 aliphatic heterocycles. The second-order valence-electron chi connectivity index (χ2n) is 11.2. The second-order valence-corrected chi connectivity index (χ2v) is 11.6. The number of halogens is 1. The van der Waals surface area contributed by atoms with E-state index in [4.69, 9.17) is 30.8 Å². The van der Waals surface area contributed by atoms with Gasteiger partial charge in [0.2, 0.25) is 12.7 Å². The molecule has 2 aromatic heterocycles. The van der Waals surface area contributed by atoms with Crippen LogP contribution in [0.5, 0.6) is 11.5 Å². The van der Waals surface area contributed by atoms with Gasteiger partial charge in [0.05, 0.1) is 40.6 Å². The molecule has 12 heteroatoms. The van der Waals surface area contributed by atoms with Crippen molar-refractivity contribution in [1.29, 1.82) is 0 Å². The fourth-order valence-electron chi connectivity index (χ4n) is 5.43. The number of esters is 1. The van der Waals surface area contributed by atoms with E-state index in [0.717, 1.165) is 0 Å². The number of fused-ring (bicyclic) bond motifs is 6. The lowest BCUT2D eigenvalue weighted by Gasteiger charge is -2.31. The van der Waals surface area contributed by atoms with E-state index in [1.165, 1.54) is 0 Å². The first kappa shape index (κ1) is 26.5. The summed E-state index contributed by atoms with van der Waals surface area (Å²) in [6.45, 7) is 7.76. The third-order valence-electron chi connectivity index (χ3n) is 7.61. The van der Waals surface area contributed by atoms with E-state index in [9.17, 15) is 19.5 Å². The summed E-state index contributed by atoms with van der Waals surface area (Å²) >= 11 is 6.82. The number of nitrogens with zero attached hydrogens (tertiary/aromatic N) is 2. The summed E-state index contributed by atoms with van der Waals surface area (Å²) < 4.78 is 17.9. The van der Waals surface area contributed by atoms with Gasteiger partial charge in [0.1, 0.15) is 6.61 Å². The maximum atomic E-state index is 13.7. The van der Waals surface area contributed by atoms with Gasteiger partial charge in [-0.15, -0.1) is 0 Å². The van der Waals surface area contributed by atoms with Crippen molar-refractivity contribution in [3.05, 3.63) is 49.8 Å². The molecule has 1 amide bonds. The zero-order valence-corrected chi connectivity index (χ0v) is 23.3. The smallest absolute Gasteiger partial charge is 0.343 e. The molecule has 0 spiro atoms. The molecule has 0 bridgehead atoms. The number of aromatic nitrogens is 2. The highest BCUT2D eigenvalue weighted by molar-refractivity contribution is 6.37. The third-order valence-corrected chi connectivity index (χ3v) is 7.97. The van der Waals surface area contributed by atoms with E-state index >= 15 is 0 Å². The van der Waals surface area contributed by atoms with Crippen molar-refractivity contribution in [2.45, 2.75) is 65.0 Å². The summed E-state index contributed by atoms with van der Waals surface area (Å²) in [5.41, 5.74) is 0.735. The Morgan fingerprint density at radius 1 is 1.20 bits per heavy atom. The van der Waals surface area contributed by atoms with Crippen LogP contribution in [0, 0.1) is 0 Å². The standard InChI is InChI=1S/C28H29ClN4O7/c1-5-28(37)16-6-18-23-14(10-33(18)25(35)15(16)11-38-26(28)36)13(8-30-20(34)9-31-27(2,3)4)21-17(32-23)7-19-24(22(21)29)40-12-39-19/h6-7,31,37H,5,8-12H2,1-4H3,(H,30,34)/t28-/m0/s1. The first-order valence-electron chi connectivity index (χ1n) is 13.1. The Bertz CT molecular complexity index is 1680. The van der Waals surface area contributed by atoms with E-state index in [1.54, 1.807) is 23.6 Å². The highest BCUT2D eigenvalue weighted by Crippen LogP contribution is 2.47. The van der Waals surface area contributed by atoms with Crippen molar-refractivity contribution < 1.29 is 28.9 Å². The number of rotatable bonds is 5. The number of pyridine rings is 2. The van der Waals surface area contributed by atoms with Crippen LogP contribution < -0.4 is 25.7 Å². The number of nitrogens with one attached hydrogen (secondary N) is 2. The minimum atomic E-state index is -1.94. The maximum absolute atomic E-state index is 13.7. The number of cyclic esters (lactones) is 1. The molecule has 3 aromatic rings. The maximum Gasteiger partial charge on any atom is 0.343 e. The average molecular weight is 569 g/mol. The van der Waals surface area contributed by atoms with Crippen molar-refractivity contribution in [2.24, 2.45) is 0 Å². The number of ether oxygens (including phenoxy) is 3. The van der Waals surface area contributed by atoms with Crippen LogP contribution in [-0.4, -0.2) is 45.4 Å². The lowest BCUT2D eigenvalue weighted by atomic mass is 9.86. The van der Waals surface area contributed by atoms with Gasteiger partial charge in [0.25, 0.3) is 5.56 Å². The molecule has 0 unspecified atom stereocenters. The topological polar surface area (TPSA) is 141 Å². The molecule has 3 N–H and O–H groups in total. The van der Waals surface area contributed by atoms with Crippen LogP contribution in [0.15, 0.2) is 16.9 Å². The second kappa shape index (κ2) is 9.18. The van der Waals surface area contributed by atoms with Gasteiger partial charge < -0.3 is 34.5 Å². The van der Waals surface area contributed by atoms with Crippen molar-refractivity contribution in [3.8, 4) is 22.9 Å². The molecule has 210 valence electrons. The Hall–Kier alpha value is -3.67. The third kappa shape index (κ3) is 4.03. The van der Waals surface area contributed by atoms with Crippen LogP contribution in [0.4, 0.5) is 0 Å². The number of hydrogen-bond donors (Lipinski definition) is 3. The molecule has 1 aromatic carbocycles. The summed E-state index contributed by atoms with van der Waals surface area (Å²) in [5.74, 6) is -0.163. The summed E-state index contributed by atoms with van der Waals surface area (Å²) in [6, 6.07) is 3.37. The number of carbonyl (C=O) groups is 2. The van der Waals surface area contributed by atoms with Crippen LogP contribution in [0.3, 0.4) is 0 Å². The Balaban J connectivity index is 1.52. The molecule has 5 heterocycles. The summed E-state index contributed by atoms with van der Waals surface area (Å²) in [6.07, 6.45) is 0.0404. The van der Waals surface area contributed by atoms with Crippen molar-refractivity contribution in [3.63, 3.8) is 0 Å². The highest BCUT2D eigenvalue weighted by Gasteiger charge is 2.45. The molecule has 3 aliphatic rings. The molecule has 0 fully saturated rings. The van der Waals surface area contributed by atoms with Gasteiger partial charge in [0, 0.05) is 34.7 Å². The van der Waals surface area contributed by atoms with E-state index in [0.29, 0.717) is 49.9 Å². The Labute approximate surface area is 234 Å². The molecule has 0 radical (unpaired) electrons. The van der Waals surface area contributed by atoms with Crippen molar-refractivity contribution in [2.75, 3.05) is 13.3 Å². The molecule has 40 heavy (non-hydrogen) atoms. The fourth-order valence-corrected chi connectivity index (χ4v) is 5.79. The Morgan fingerprint density at radius 3 is 2.70 bits per heavy atom. The molecule has 11 nitrogen and oxygen atoms in total. The first-order chi connectivity index (χ1) is 18.9. The average Bonchev–Trinajstić information content (AvgIpc) is 3.53. The number of amides is 1. The molecule has 0 saturated carbocycles. The number of carbonyl (C=O) groups excluding carboxylic acids is 2.